The Balaban J connectivity index is 2.00. The van der Waals surface area contributed by atoms with Gasteiger partial charge in [-0.1, -0.05) is 30.3 Å². The van der Waals surface area contributed by atoms with E-state index < -0.39 is 0 Å². The summed E-state index contributed by atoms with van der Waals surface area (Å²) < 4.78 is 5.13. The Morgan fingerprint density at radius 3 is 2.70 bits per heavy atom. The first-order chi connectivity index (χ1) is 9.70. The third kappa shape index (κ3) is 4.05. The van der Waals surface area contributed by atoms with Crippen molar-refractivity contribution in [3.63, 3.8) is 0 Å². The number of nitrogens with zero attached hydrogens (tertiary/aromatic N) is 1. The van der Waals surface area contributed by atoms with Gasteiger partial charge in [-0.25, -0.2) is 0 Å². The van der Waals surface area contributed by atoms with Crippen LogP contribution in [-0.4, -0.2) is 37.1 Å². The van der Waals surface area contributed by atoms with E-state index >= 15 is 0 Å². The standard InChI is InChI=1S/C16H24N2O2/c1-20-10-9-18(12-13-5-3-2-4-6-13)16(19)14-7-8-15(17)11-14/h2-6,14-15H,7-12,17H2,1H3/t14-,15+/m0/s1. The number of hydrogen-bond acceptors (Lipinski definition) is 3. The van der Waals surface area contributed by atoms with Gasteiger partial charge in [0.15, 0.2) is 0 Å². The van der Waals surface area contributed by atoms with Crippen molar-refractivity contribution in [1.82, 2.24) is 4.90 Å². The van der Waals surface area contributed by atoms with Gasteiger partial charge in [-0.3, -0.25) is 4.79 Å². The van der Waals surface area contributed by atoms with Gasteiger partial charge in [0.2, 0.25) is 5.91 Å². The molecule has 1 amide bonds. The van der Waals surface area contributed by atoms with Gasteiger partial charge in [-0.05, 0) is 24.8 Å². The minimum Gasteiger partial charge on any atom is -0.383 e. The van der Waals surface area contributed by atoms with Gasteiger partial charge in [-0.2, -0.15) is 0 Å². The van der Waals surface area contributed by atoms with Crippen LogP contribution in [0, 0.1) is 5.92 Å². The molecule has 1 fully saturated rings. The minimum atomic E-state index is 0.0885. The van der Waals surface area contributed by atoms with Crippen LogP contribution in [0.3, 0.4) is 0 Å². The maximum atomic E-state index is 12.6. The van der Waals surface area contributed by atoms with E-state index in [2.05, 4.69) is 0 Å². The molecule has 1 aliphatic rings. The number of nitrogens with two attached hydrogens (primary N) is 1. The van der Waals surface area contributed by atoms with E-state index in [9.17, 15) is 4.79 Å². The average molecular weight is 276 g/mol. The summed E-state index contributed by atoms with van der Waals surface area (Å²) in [4.78, 5) is 14.5. The van der Waals surface area contributed by atoms with Gasteiger partial charge in [0.05, 0.1) is 6.61 Å². The Bertz CT molecular complexity index is 422. The van der Waals surface area contributed by atoms with Crippen LogP contribution in [0.5, 0.6) is 0 Å². The molecule has 2 rings (SSSR count). The van der Waals surface area contributed by atoms with Crippen molar-refractivity contribution in [2.75, 3.05) is 20.3 Å². The number of ether oxygens (including phenoxy) is 1. The zero-order valence-corrected chi connectivity index (χ0v) is 12.1. The van der Waals surface area contributed by atoms with Gasteiger partial charge < -0.3 is 15.4 Å². The van der Waals surface area contributed by atoms with Crippen LogP contribution in [-0.2, 0) is 16.1 Å². The molecule has 0 bridgehead atoms. The van der Waals surface area contributed by atoms with E-state index in [1.807, 2.05) is 35.2 Å². The zero-order valence-electron chi connectivity index (χ0n) is 12.1. The molecule has 2 atom stereocenters. The van der Waals surface area contributed by atoms with Crippen LogP contribution in [0.15, 0.2) is 30.3 Å². The van der Waals surface area contributed by atoms with Crippen molar-refractivity contribution in [3.8, 4) is 0 Å². The fourth-order valence-corrected chi connectivity index (χ4v) is 2.77. The van der Waals surface area contributed by atoms with E-state index in [-0.39, 0.29) is 17.9 Å². The van der Waals surface area contributed by atoms with Gasteiger partial charge in [-0.15, -0.1) is 0 Å². The smallest absolute Gasteiger partial charge is 0.226 e. The highest BCUT2D eigenvalue weighted by Crippen LogP contribution is 2.26. The molecule has 0 unspecified atom stereocenters. The summed E-state index contributed by atoms with van der Waals surface area (Å²) in [5.41, 5.74) is 7.07. The van der Waals surface area contributed by atoms with Gasteiger partial charge in [0.1, 0.15) is 0 Å². The summed E-state index contributed by atoms with van der Waals surface area (Å²) in [5, 5.41) is 0. The number of amides is 1. The molecule has 1 aliphatic carbocycles. The van der Waals surface area contributed by atoms with Crippen molar-refractivity contribution in [2.24, 2.45) is 11.7 Å². The molecule has 0 aromatic heterocycles. The summed E-state index contributed by atoms with van der Waals surface area (Å²) in [5.74, 6) is 0.310. The highest BCUT2D eigenvalue weighted by atomic mass is 16.5. The lowest BCUT2D eigenvalue weighted by atomic mass is 10.1. The zero-order chi connectivity index (χ0) is 14.4. The number of benzene rings is 1. The highest BCUT2D eigenvalue weighted by molar-refractivity contribution is 5.79. The monoisotopic (exact) mass is 276 g/mol. The lowest BCUT2D eigenvalue weighted by Gasteiger charge is -2.25. The molecule has 1 saturated carbocycles. The Hall–Kier alpha value is -1.39. The van der Waals surface area contributed by atoms with Crippen molar-refractivity contribution in [1.29, 1.82) is 0 Å². The number of carbonyl (C=O) groups excluding carboxylic acids is 1. The Morgan fingerprint density at radius 1 is 1.35 bits per heavy atom. The number of methoxy groups -OCH3 is 1. The molecule has 110 valence electrons. The Morgan fingerprint density at radius 2 is 2.10 bits per heavy atom. The van der Waals surface area contributed by atoms with E-state index in [1.165, 1.54) is 0 Å². The Labute approximate surface area is 120 Å². The van der Waals surface area contributed by atoms with Crippen molar-refractivity contribution >= 4 is 5.91 Å². The molecule has 4 heteroatoms. The second kappa shape index (κ2) is 7.41. The topological polar surface area (TPSA) is 55.6 Å². The van der Waals surface area contributed by atoms with E-state index in [0.29, 0.717) is 19.7 Å². The van der Waals surface area contributed by atoms with Crippen molar-refractivity contribution < 1.29 is 9.53 Å². The van der Waals surface area contributed by atoms with E-state index in [1.54, 1.807) is 7.11 Å². The largest absolute Gasteiger partial charge is 0.383 e. The van der Waals surface area contributed by atoms with Crippen LogP contribution in [0.2, 0.25) is 0 Å². The number of rotatable bonds is 6. The third-order valence-electron chi connectivity index (χ3n) is 3.92. The van der Waals surface area contributed by atoms with E-state index in [4.69, 9.17) is 10.5 Å². The normalized spacial score (nSPS) is 21.9. The van der Waals surface area contributed by atoms with Gasteiger partial charge in [0, 0.05) is 32.2 Å². The van der Waals surface area contributed by atoms with Crippen LogP contribution >= 0.6 is 0 Å². The molecule has 2 N–H and O–H groups in total. The first-order valence-corrected chi connectivity index (χ1v) is 7.28. The average Bonchev–Trinajstić information content (AvgIpc) is 2.90. The number of hydrogen-bond donors (Lipinski definition) is 1. The maximum Gasteiger partial charge on any atom is 0.226 e. The molecule has 20 heavy (non-hydrogen) atoms. The van der Waals surface area contributed by atoms with E-state index in [0.717, 1.165) is 24.8 Å². The molecule has 1 aromatic carbocycles. The molecule has 4 nitrogen and oxygen atoms in total. The second-order valence-electron chi connectivity index (χ2n) is 5.51. The fourth-order valence-electron chi connectivity index (χ4n) is 2.77. The summed E-state index contributed by atoms with van der Waals surface area (Å²) >= 11 is 0. The summed E-state index contributed by atoms with van der Waals surface area (Å²) in [6, 6.07) is 10.3. The molecule has 0 radical (unpaired) electrons. The molecule has 0 spiro atoms. The minimum absolute atomic E-state index is 0.0885. The van der Waals surface area contributed by atoms with Crippen LogP contribution < -0.4 is 5.73 Å². The molecular weight excluding hydrogens is 252 g/mol. The summed E-state index contributed by atoms with van der Waals surface area (Å²) in [6.45, 7) is 1.85. The molecule has 1 aromatic rings. The predicted octanol–water partition coefficient (Wildman–Crippen LogP) is 1.79. The molecule has 0 aliphatic heterocycles. The van der Waals surface area contributed by atoms with Crippen LogP contribution in [0.4, 0.5) is 0 Å². The molecule has 0 saturated heterocycles. The van der Waals surface area contributed by atoms with Crippen LogP contribution in [0.25, 0.3) is 0 Å². The second-order valence-corrected chi connectivity index (χ2v) is 5.51. The van der Waals surface area contributed by atoms with Gasteiger partial charge >= 0.3 is 0 Å². The summed E-state index contributed by atoms with van der Waals surface area (Å²) in [7, 11) is 1.66. The SMILES string of the molecule is COCCN(Cc1ccccc1)C(=O)[C@H]1CC[C@@H](N)C1. The third-order valence-corrected chi connectivity index (χ3v) is 3.92. The lowest BCUT2D eigenvalue weighted by molar-refractivity contribution is -0.136. The Kier molecular flexibility index (Phi) is 5.56. The lowest BCUT2D eigenvalue weighted by Crippen LogP contribution is -2.37. The molecule has 0 heterocycles. The predicted molar refractivity (Wildman–Crippen MR) is 79.1 cm³/mol. The quantitative estimate of drug-likeness (QED) is 0.862. The van der Waals surface area contributed by atoms with Crippen molar-refractivity contribution in [2.45, 2.75) is 31.8 Å². The summed E-state index contributed by atoms with van der Waals surface area (Å²) in [6.07, 6.45) is 2.69. The van der Waals surface area contributed by atoms with Crippen molar-refractivity contribution in [3.05, 3.63) is 35.9 Å². The fraction of sp³-hybridized carbons (Fsp3) is 0.562. The number of carbonyl (C=O) groups is 1. The molecular formula is C16H24N2O2. The first kappa shape index (κ1) is 15.0. The highest BCUT2D eigenvalue weighted by Gasteiger charge is 2.30. The van der Waals surface area contributed by atoms with Gasteiger partial charge in [0.25, 0.3) is 0 Å². The van der Waals surface area contributed by atoms with Crippen LogP contribution in [0.1, 0.15) is 24.8 Å². The maximum absolute atomic E-state index is 12.6. The first-order valence-electron chi connectivity index (χ1n) is 7.28.